The molecule has 0 radical (unpaired) electrons. The fourth-order valence-corrected chi connectivity index (χ4v) is 4.55. The Morgan fingerprint density at radius 2 is 1.70 bits per heavy atom. The lowest BCUT2D eigenvalue weighted by Crippen LogP contribution is -2.52. The molecular weight excluding hydrogens is 438 g/mol. The van der Waals surface area contributed by atoms with E-state index in [0.717, 1.165) is 32.8 Å². The normalized spacial score (nSPS) is 12.2. The molecule has 7 nitrogen and oxygen atoms in total. The van der Waals surface area contributed by atoms with Crippen LogP contribution in [0.1, 0.15) is 42.5 Å². The molecule has 0 saturated heterocycles. The van der Waals surface area contributed by atoms with Gasteiger partial charge in [0.15, 0.2) is 0 Å². The number of benzene rings is 2. The van der Waals surface area contributed by atoms with E-state index in [0.29, 0.717) is 18.7 Å². The summed E-state index contributed by atoms with van der Waals surface area (Å²) in [5.41, 5.74) is 4.30. The van der Waals surface area contributed by atoms with Crippen LogP contribution in [-0.2, 0) is 26.2 Å². The number of amides is 2. The third-order valence-electron chi connectivity index (χ3n) is 5.63. The van der Waals surface area contributed by atoms with Gasteiger partial charge in [0.05, 0.1) is 11.9 Å². The number of hydrogen-bond donors (Lipinski definition) is 1. The SMILES string of the molecule is CCNC(=O)[C@H](CC)N(Cc1cccc(C)c1)C(=O)CN(c1ccc(C)c(C)c1)S(C)(=O)=O. The Bertz CT molecular complexity index is 1100. The van der Waals surface area contributed by atoms with Crippen molar-refractivity contribution in [3.05, 3.63) is 64.7 Å². The Balaban J connectivity index is 2.45. The maximum atomic E-state index is 13.6. The number of aryl methyl sites for hydroxylation is 3. The third kappa shape index (κ3) is 7.05. The standard InChI is InChI=1S/C25H35N3O4S/c1-7-23(25(30)26-8-2)27(16-21-11-9-10-18(3)14-21)24(29)17-28(33(6,31)32)22-13-12-19(4)20(5)15-22/h9-15,23H,7-8,16-17H2,1-6H3,(H,26,30)/t23-/m0/s1. The summed E-state index contributed by atoms with van der Waals surface area (Å²) in [6.45, 7) is 9.73. The molecule has 2 aromatic rings. The number of rotatable bonds is 10. The zero-order valence-corrected chi connectivity index (χ0v) is 21.2. The number of nitrogens with one attached hydrogen (secondary N) is 1. The van der Waals surface area contributed by atoms with Gasteiger partial charge in [-0.3, -0.25) is 13.9 Å². The number of nitrogens with zero attached hydrogens (tertiary/aromatic N) is 2. The monoisotopic (exact) mass is 473 g/mol. The highest BCUT2D eigenvalue weighted by Crippen LogP contribution is 2.22. The Hall–Kier alpha value is -2.87. The summed E-state index contributed by atoms with van der Waals surface area (Å²) in [7, 11) is -3.73. The first-order valence-electron chi connectivity index (χ1n) is 11.2. The summed E-state index contributed by atoms with van der Waals surface area (Å²) in [5, 5.41) is 2.79. The molecule has 2 aromatic carbocycles. The lowest BCUT2D eigenvalue weighted by atomic mass is 10.1. The number of likely N-dealkylation sites (N-methyl/N-ethyl adjacent to an activating group) is 1. The number of sulfonamides is 1. The fourth-order valence-electron chi connectivity index (χ4n) is 3.71. The topological polar surface area (TPSA) is 86.8 Å². The molecule has 0 spiro atoms. The van der Waals surface area contributed by atoms with E-state index in [1.54, 1.807) is 12.1 Å². The van der Waals surface area contributed by atoms with Gasteiger partial charge in [-0.25, -0.2) is 8.42 Å². The molecule has 2 amide bonds. The molecule has 1 atom stereocenters. The van der Waals surface area contributed by atoms with Crippen LogP contribution >= 0.6 is 0 Å². The third-order valence-corrected chi connectivity index (χ3v) is 6.77. The van der Waals surface area contributed by atoms with Crippen LogP contribution < -0.4 is 9.62 Å². The van der Waals surface area contributed by atoms with Crippen molar-refractivity contribution in [1.82, 2.24) is 10.2 Å². The van der Waals surface area contributed by atoms with Crippen molar-refractivity contribution in [3.63, 3.8) is 0 Å². The zero-order chi connectivity index (χ0) is 24.8. The Morgan fingerprint density at radius 3 is 2.24 bits per heavy atom. The highest BCUT2D eigenvalue weighted by molar-refractivity contribution is 7.92. The van der Waals surface area contributed by atoms with Gasteiger partial charge in [-0.15, -0.1) is 0 Å². The van der Waals surface area contributed by atoms with Crippen molar-refractivity contribution in [2.75, 3.05) is 23.7 Å². The van der Waals surface area contributed by atoms with Crippen LogP contribution in [0.2, 0.25) is 0 Å². The van der Waals surface area contributed by atoms with Crippen LogP contribution in [0, 0.1) is 20.8 Å². The van der Waals surface area contributed by atoms with Crippen LogP contribution in [0.3, 0.4) is 0 Å². The minimum Gasteiger partial charge on any atom is -0.355 e. The molecule has 0 aromatic heterocycles. The number of hydrogen-bond acceptors (Lipinski definition) is 4. The van der Waals surface area contributed by atoms with Crippen molar-refractivity contribution >= 4 is 27.5 Å². The molecule has 33 heavy (non-hydrogen) atoms. The van der Waals surface area contributed by atoms with Gasteiger partial charge in [-0.1, -0.05) is 42.8 Å². The second kappa shape index (κ2) is 11.3. The van der Waals surface area contributed by atoms with Gasteiger partial charge in [-0.2, -0.15) is 0 Å². The lowest BCUT2D eigenvalue weighted by molar-refractivity contribution is -0.140. The van der Waals surface area contributed by atoms with Gasteiger partial charge in [-0.05, 0) is 62.9 Å². The second-order valence-corrected chi connectivity index (χ2v) is 10.3. The minimum atomic E-state index is -3.73. The summed E-state index contributed by atoms with van der Waals surface area (Å²) in [5.74, 6) is -0.684. The number of anilines is 1. The summed E-state index contributed by atoms with van der Waals surface area (Å²) in [6.07, 6.45) is 1.49. The zero-order valence-electron chi connectivity index (χ0n) is 20.4. The first-order valence-corrected chi connectivity index (χ1v) is 13.0. The van der Waals surface area contributed by atoms with Crippen LogP contribution in [0.5, 0.6) is 0 Å². The molecule has 8 heteroatoms. The molecule has 0 aliphatic rings. The largest absolute Gasteiger partial charge is 0.355 e. The number of carbonyl (C=O) groups excluding carboxylic acids is 2. The predicted octanol–water partition coefficient (Wildman–Crippen LogP) is 3.32. The Labute approximate surface area is 197 Å². The molecule has 0 saturated carbocycles. The Morgan fingerprint density at radius 1 is 1.00 bits per heavy atom. The fraction of sp³-hybridized carbons (Fsp3) is 0.440. The van der Waals surface area contributed by atoms with E-state index in [4.69, 9.17) is 0 Å². The van der Waals surface area contributed by atoms with E-state index < -0.39 is 22.0 Å². The summed E-state index contributed by atoms with van der Waals surface area (Å²) in [4.78, 5) is 27.8. The molecule has 0 fully saturated rings. The minimum absolute atomic E-state index is 0.209. The highest BCUT2D eigenvalue weighted by atomic mass is 32.2. The van der Waals surface area contributed by atoms with Crippen LogP contribution in [0.15, 0.2) is 42.5 Å². The molecule has 0 aliphatic carbocycles. The van der Waals surface area contributed by atoms with Gasteiger partial charge < -0.3 is 10.2 Å². The van der Waals surface area contributed by atoms with Crippen molar-refractivity contribution in [2.45, 2.75) is 53.6 Å². The first kappa shape index (κ1) is 26.4. The van der Waals surface area contributed by atoms with Crippen LogP contribution in [0.4, 0.5) is 5.69 Å². The van der Waals surface area contributed by atoms with Gasteiger partial charge in [0.1, 0.15) is 12.6 Å². The average Bonchev–Trinajstić information content (AvgIpc) is 2.73. The van der Waals surface area contributed by atoms with E-state index in [2.05, 4.69) is 5.32 Å². The Kier molecular flexibility index (Phi) is 9.05. The van der Waals surface area contributed by atoms with Crippen molar-refractivity contribution < 1.29 is 18.0 Å². The molecule has 0 heterocycles. The summed E-state index contributed by atoms with van der Waals surface area (Å²) >= 11 is 0. The molecule has 0 aliphatic heterocycles. The van der Waals surface area contributed by atoms with Gasteiger partial charge in [0, 0.05) is 13.1 Å². The number of carbonyl (C=O) groups is 2. The molecule has 0 unspecified atom stereocenters. The van der Waals surface area contributed by atoms with E-state index in [9.17, 15) is 18.0 Å². The maximum absolute atomic E-state index is 13.6. The van der Waals surface area contributed by atoms with E-state index >= 15 is 0 Å². The van der Waals surface area contributed by atoms with Crippen molar-refractivity contribution in [3.8, 4) is 0 Å². The van der Waals surface area contributed by atoms with E-state index in [1.807, 2.05) is 65.0 Å². The van der Waals surface area contributed by atoms with Crippen molar-refractivity contribution in [2.24, 2.45) is 0 Å². The van der Waals surface area contributed by atoms with Gasteiger partial charge in [0.25, 0.3) is 0 Å². The quantitative estimate of drug-likeness (QED) is 0.574. The molecule has 180 valence electrons. The maximum Gasteiger partial charge on any atom is 0.244 e. The first-order chi connectivity index (χ1) is 15.5. The smallest absolute Gasteiger partial charge is 0.244 e. The van der Waals surface area contributed by atoms with Crippen LogP contribution in [-0.4, -0.2) is 50.5 Å². The molecule has 1 N–H and O–H groups in total. The van der Waals surface area contributed by atoms with E-state index in [-0.39, 0.29) is 19.0 Å². The second-order valence-electron chi connectivity index (χ2n) is 8.37. The van der Waals surface area contributed by atoms with Gasteiger partial charge in [0.2, 0.25) is 21.8 Å². The van der Waals surface area contributed by atoms with Gasteiger partial charge >= 0.3 is 0 Å². The van der Waals surface area contributed by atoms with E-state index in [1.165, 1.54) is 4.90 Å². The summed E-state index contributed by atoms with van der Waals surface area (Å²) in [6, 6.07) is 12.3. The predicted molar refractivity (Wildman–Crippen MR) is 133 cm³/mol. The average molecular weight is 474 g/mol. The molecular formula is C25H35N3O4S. The van der Waals surface area contributed by atoms with Crippen LogP contribution in [0.25, 0.3) is 0 Å². The van der Waals surface area contributed by atoms with Crippen molar-refractivity contribution in [1.29, 1.82) is 0 Å². The molecule has 0 bridgehead atoms. The lowest BCUT2D eigenvalue weighted by Gasteiger charge is -2.33. The molecule has 2 rings (SSSR count). The summed E-state index contributed by atoms with van der Waals surface area (Å²) < 4.78 is 26.4. The highest BCUT2D eigenvalue weighted by Gasteiger charge is 2.31.